The monoisotopic (exact) mass is 328 g/mol. The fraction of sp³-hybridized carbons (Fsp3) is 0.0476. The van der Waals surface area contributed by atoms with E-state index in [2.05, 4.69) is 16.9 Å². The molecule has 0 aliphatic rings. The molecule has 4 nitrogen and oxygen atoms in total. The minimum absolute atomic E-state index is 0.228. The Morgan fingerprint density at radius 1 is 1.04 bits per heavy atom. The number of hydrogen-bond donors (Lipinski definition) is 1. The van der Waals surface area contributed by atoms with E-state index in [-0.39, 0.29) is 5.91 Å². The second-order valence-electron chi connectivity index (χ2n) is 5.93. The van der Waals surface area contributed by atoms with E-state index in [0.717, 1.165) is 27.4 Å². The van der Waals surface area contributed by atoms with Crippen molar-refractivity contribution in [3.8, 4) is 11.5 Å². The number of carbonyl (C=O) groups is 1. The number of oxazole rings is 1. The summed E-state index contributed by atoms with van der Waals surface area (Å²) in [6.07, 6.45) is 0. The van der Waals surface area contributed by atoms with Gasteiger partial charge >= 0.3 is 0 Å². The van der Waals surface area contributed by atoms with Gasteiger partial charge in [-0.2, -0.15) is 0 Å². The van der Waals surface area contributed by atoms with Crippen molar-refractivity contribution in [3.63, 3.8) is 0 Å². The van der Waals surface area contributed by atoms with Crippen molar-refractivity contribution in [1.29, 1.82) is 0 Å². The second-order valence-corrected chi connectivity index (χ2v) is 5.93. The molecule has 0 aliphatic heterocycles. The Labute approximate surface area is 144 Å². The zero-order chi connectivity index (χ0) is 17.4. The summed E-state index contributed by atoms with van der Waals surface area (Å²) >= 11 is 0. The molecule has 0 fully saturated rings. The van der Waals surface area contributed by atoms with E-state index in [1.54, 1.807) is 6.92 Å². The zero-order valence-corrected chi connectivity index (χ0v) is 13.7. The fourth-order valence-electron chi connectivity index (χ4n) is 2.78. The third kappa shape index (κ3) is 2.68. The number of hydrogen-bond acceptors (Lipinski definition) is 3. The summed E-state index contributed by atoms with van der Waals surface area (Å²) in [6, 6.07) is 19.4. The molecule has 0 aliphatic carbocycles. The standard InChI is InChI=1S/C21H16N2O2/c1-13(2)20(24)22-17-10-6-5-9-16(17)21-23-18-12-11-14-7-3-4-8-15(14)19(18)25-21/h3-12H,1H2,2H3,(H,22,24). The zero-order valence-electron chi connectivity index (χ0n) is 13.7. The molecule has 4 rings (SSSR count). The van der Waals surface area contributed by atoms with Crippen molar-refractivity contribution >= 4 is 33.5 Å². The lowest BCUT2D eigenvalue weighted by molar-refractivity contribution is -0.112. The van der Waals surface area contributed by atoms with Gasteiger partial charge in [0.15, 0.2) is 5.58 Å². The first-order valence-electron chi connectivity index (χ1n) is 7.98. The van der Waals surface area contributed by atoms with E-state index in [1.165, 1.54) is 0 Å². The normalized spacial score (nSPS) is 10.9. The van der Waals surface area contributed by atoms with Gasteiger partial charge in [0.2, 0.25) is 5.89 Å². The van der Waals surface area contributed by atoms with Gasteiger partial charge in [0, 0.05) is 11.0 Å². The van der Waals surface area contributed by atoms with Crippen LogP contribution in [-0.4, -0.2) is 10.9 Å². The lowest BCUT2D eigenvalue weighted by Crippen LogP contribution is -2.12. The lowest BCUT2D eigenvalue weighted by Gasteiger charge is -2.08. The van der Waals surface area contributed by atoms with Crippen LogP contribution in [0.25, 0.3) is 33.3 Å². The maximum atomic E-state index is 12.0. The van der Waals surface area contributed by atoms with Crippen LogP contribution < -0.4 is 5.32 Å². The number of anilines is 1. The van der Waals surface area contributed by atoms with E-state index in [9.17, 15) is 4.79 Å². The SMILES string of the molecule is C=C(C)C(=O)Nc1ccccc1-c1nc2ccc3ccccc3c2o1. The number of amides is 1. The molecule has 3 aromatic carbocycles. The first-order valence-corrected chi connectivity index (χ1v) is 7.98. The van der Waals surface area contributed by atoms with Crippen molar-refractivity contribution in [1.82, 2.24) is 4.98 Å². The number of carbonyl (C=O) groups excluding carboxylic acids is 1. The maximum absolute atomic E-state index is 12.0. The molecule has 0 atom stereocenters. The van der Waals surface area contributed by atoms with Gasteiger partial charge in [-0.05, 0) is 30.5 Å². The highest BCUT2D eigenvalue weighted by atomic mass is 16.3. The number of rotatable bonds is 3. The van der Waals surface area contributed by atoms with Crippen molar-refractivity contribution in [2.24, 2.45) is 0 Å². The summed E-state index contributed by atoms with van der Waals surface area (Å²) in [5, 5.41) is 4.97. The molecular formula is C21H16N2O2. The molecule has 25 heavy (non-hydrogen) atoms. The maximum Gasteiger partial charge on any atom is 0.250 e. The van der Waals surface area contributed by atoms with Gasteiger partial charge in [-0.1, -0.05) is 49.0 Å². The fourth-order valence-corrected chi connectivity index (χ4v) is 2.78. The summed E-state index contributed by atoms with van der Waals surface area (Å²) < 4.78 is 6.07. The van der Waals surface area contributed by atoms with Crippen LogP contribution in [0.15, 0.2) is 77.2 Å². The smallest absolute Gasteiger partial charge is 0.250 e. The summed E-state index contributed by atoms with van der Waals surface area (Å²) in [5.41, 5.74) is 3.35. The summed E-state index contributed by atoms with van der Waals surface area (Å²) in [5.74, 6) is 0.248. The van der Waals surface area contributed by atoms with E-state index in [4.69, 9.17) is 4.42 Å². The van der Waals surface area contributed by atoms with Crippen LogP contribution in [0.4, 0.5) is 5.69 Å². The number of para-hydroxylation sites is 1. The number of nitrogens with one attached hydrogen (secondary N) is 1. The summed E-state index contributed by atoms with van der Waals surface area (Å²) in [4.78, 5) is 16.6. The molecule has 1 amide bonds. The number of benzene rings is 3. The van der Waals surface area contributed by atoms with Crippen LogP contribution >= 0.6 is 0 Å². The van der Waals surface area contributed by atoms with Crippen molar-refractivity contribution < 1.29 is 9.21 Å². The molecular weight excluding hydrogens is 312 g/mol. The molecule has 1 heterocycles. The Balaban J connectivity index is 1.86. The van der Waals surface area contributed by atoms with Crippen LogP contribution in [0.5, 0.6) is 0 Å². The van der Waals surface area contributed by atoms with Crippen LogP contribution in [0.3, 0.4) is 0 Å². The third-order valence-corrected chi connectivity index (χ3v) is 4.07. The Bertz CT molecular complexity index is 1130. The van der Waals surface area contributed by atoms with Crippen LogP contribution in [-0.2, 0) is 4.79 Å². The number of aromatic nitrogens is 1. The average molecular weight is 328 g/mol. The van der Waals surface area contributed by atoms with Crippen molar-refractivity contribution in [2.45, 2.75) is 6.92 Å². The lowest BCUT2D eigenvalue weighted by atomic mass is 10.1. The van der Waals surface area contributed by atoms with Gasteiger partial charge < -0.3 is 9.73 Å². The van der Waals surface area contributed by atoms with Crippen LogP contribution in [0.2, 0.25) is 0 Å². The Morgan fingerprint density at radius 3 is 2.64 bits per heavy atom. The van der Waals surface area contributed by atoms with Gasteiger partial charge in [0.25, 0.3) is 5.91 Å². The molecule has 0 spiro atoms. The van der Waals surface area contributed by atoms with Crippen molar-refractivity contribution in [3.05, 3.63) is 72.8 Å². The number of nitrogens with zero attached hydrogens (tertiary/aromatic N) is 1. The van der Waals surface area contributed by atoms with Crippen molar-refractivity contribution in [2.75, 3.05) is 5.32 Å². The second kappa shape index (κ2) is 5.91. The highest BCUT2D eigenvalue weighted by Gasteiger charge is 2.15. The Kier molecular flexibility index (Phi) is 3.58. The summed E-state index contributed by atoms with van der Waals surface area (Å²) in [6.45, 7) is 5.34. The molecule has 0 unspecified atom stereocenters. The topological polar surface area (TPSA) is 55.1 Å². The van der Waals surface area contributed by atoms with E-state index in [0.29, 0.717) is 17.2 Å². The van der Waals surface area contributed by atoms with Gasteiger partial charge in [-0.15, -0.1) is 0 Å². The molecule has 0 saturated heterocycles. The highest BCUT2D eigenvalue weighted by Crippen LogP contribution is 2.33. The highest BCUT2D eigenvalue weighted by molar-refractivity contribution is 6.06. The molecule has 122 valence electrons. The average Bonchev–Trinajstić information content (AvgIpc) is 3.06. The molecule has 1 N–H and O–H groups in total. The largest absolute Gasteiger partial charge is 0.435 e. The molecule has 4 aromatic rings. The van der Waals surface area contributed by atoms with E-state index < -0.39 is 0 Å². The van der Waals surface area contributed by atoms with E-state index in [1.807, 2.05) is 60.7 Å². The molecule has 4 heteroatoms. The van der Waals surface area contributed by atoms with Gasteiger partial charge in [0.1, 0.15) is 5.52 Å². The number of fused-ring (bicyclic) bond motifs is 3. The first-order chi connectivity index (χ1) is 12.1. The Morgan fingerprint density at radius 2 is 1.80 bits per heavy atom. The third-order valence-electron chi connectivity index (χ3n) is 4.07. The van der Waals surface area contributed by atoms with Gasteiger partial charge in [-0.25, -0.2) is 4.98 Å². The first kappa shape index (κ1) is 15.1. The predicted molar refractivity (Wildman–Crippen MR) is 100 cm³/mol. The molecule has 0 saturated carbocycles. The Hall–Kier alpha value is -3.40. The quantitative estimate of drug-likeness (QED) is 0.528. The van der Waals surface area contributed by atoms with Crippen LogP contribution in [0.1, 0.15) is 6.92 Å². The minimum atomic E-state index is -0.228. The summed E-state index contributed by atoms with van der Waals surface area (Å²) in [7, 11) is 0. The van der Waals surface area contributed by atoms with E-state index >= 15 is 0 Å². The van der Waals surface area contributed by atoms with Gasteiger partial charge in [0.05, 0.1) is 11.3 Å². The molecule has 0 bridgehead atoms. The van der Waals surface area contributed by atoms with Gasteiger partial charge in [-0.3, -0.25) is 4.79 Å². The molecule has 0 radical (unpaired) electrons. The van der Waals surface area contributed by atoms with Crippen LogP contribution in [0, 0.1) is 0 Å². The molecule has 1 aromatic heterocycles. The minimum Gasteiger partial charge on any atom is -0.435 e. The predicted octanol–water partition coefficient (Wildman–Crippen LogP) is 5.16.